The molecule has 0 radical (unpaired) electrons. The number of nitrogens with one attached hydrogen (secondary N) is 1. The molecule has 9 nitrogen and oxygen atoms in total. The van der Waals surface area contributed by atoms with E-state index in [9.17, 15) is 14.7 Å². The molecule has 6 rings (SSSR count). The molecule has 10 heteroatoms. The van der Waals surface area contributed by atoms with Gasteiger partial charge in [-0.25, -0.2) is 14.8 Å². The van der Waals surface area contributed by atoms with Crippen molar-refractivity contribution in [3.8, 4) is 11.4 Å². The Kier molecular flexibility index (Phi) is 7.39. The molecule has 3 aliphatic heterocycles. The van der Waals surface area contributed by atoms with Crippen molar-refractivity contribution in [2.45, 2.75) is 72.1 Å². The second-order valence-corrected chi connectivity index (χ2v) is 11.1. The summed E-state index contributed by atoms with van der Waals surface area (Å²) < 4.78 is 6.95. The highest BCUT2D eigenvalue weighted by atomic mass is 35.5. The van der Waals surface area contributed by atoms with Crippen LogP contribution in [-0.2, 0) is 28.3 Å². The van der Waals surface area contributed by atoms with Gasteiger partial charge in [-0.2, -0.15) is 0 Å². The van der Waals surface area contributed by atoms with Crippen molar-refractivity contribution in [1.29, 1.82) is 0 Å². The van der Waals surface area contributed by atoms with E-state index in [0.717, 1.165) is 66.2 Å². The van der Waals surface area contributed by atoms with Gasteiger partial charge in [0.25, 0.3) is 5.56 Å². The number of anilines is 1. The molecule has 3 aromatic rings. The first-order valence-corrected chi connectivity index (χ1v) is 14.0. The second-order valence-electron chi connectivity index (χ2n) is 11.1. The molecule has 0 fully saturated rings. The number of cyclic esters (lactones) is 1. The number of nitrogens with zero attached hydrogens (tertiary/aromatic N) is 4. The first-order valence-electron chi connectivity index (χ1n) is 14.0. The predicted octanol–water partition coefficient (Wildman–Crippen LogP) is 4.74. The van der Waals surface area contributed by atoms with Crippen molar-refractivity contribution in [1.82, 2.24) is 14.9 Å². The van der Waals surface area contributed by atoms with Crippen molar-refractivity contribution in [3.05, 3.63) is 51.3 Å². The summed E-state index contributed by atoms with van der Waals surface area (Å²) in [5.41, 5.74) is 3.52. The Bertz CT molecular complexity index is 1600. The number of aliphatic hydroxyl groups is 1. The van der Waals surface area contributed by atoms with Crippen LogP contribution in [0.25, 0.3) is 22.3 Å². The summed E-state index contributed by atoms with van der Waals surface area (Å²) >= 11 is 0. The fraction of sp³-hybridized carbons (Fsp3) is 0.467. The van der Waals surface area contributed by atoms with Gasteiger partial charge in [0.1, 0.15) is 6.61 Å². The number of esters is 1. The van der Waals surface area contributed by atoms with Crippen LogP contribution in [0.3, 0.4) is 0 Å². The molecule has 0 saturated heterocycles. The monoisotopic (exact) mass is 565 g/mol. The van der Waals surface area contributed by atoms with Gasteiger partial charge in [0.15, 0.2) is 5.60 Å². The minimum Gasteiger partial charge on any atom is -0.458 e. The fourth-order valence-electron chi connectivity index (χ4n) is 5.88. The number of carbonyl (C=O) groups is 1. The van der Waals surface area contributed by atoms with Gasteiger partial charge in [0.05, 0.1) is 45.8 Å². The molecule has 40 heavy (non-hydrogen) atoms. The number of hydrogen-bond donors (Lipinski definition) is 2. The number of halogens is 1. The Morgan fingerprint density at radius 3 is 2.73 bits per heavy atom. The lowest BCUT2D eigenvalue weighted by molar-refractivity contribution is -0.172. The van der Waals surface area contributed by atoms with Crippen LogP contribution in [-0.4, -0.2) is 39.7 Å². The number of carbonyl (C=O) groups excluding carboxylic acids is 1. The average molecular weight is 566 g/mol. The zero-order valence-corrected chi connectivity index (χ0v) is 24.2. The lowest BCUT2D eigenvalue weighted by Crippen LogP contribution is -2.44. The predicted molar refractivity (Wildman–Crippen MR) is 159 cm³/mol. The van der Waals surface area contributed by atoms with Crippen molar-refractivity contribution in [2.75, 3.05) is 18.0 Å². The normalized spacial score (nSPS) is 18.6. The third kappa shape index (κ3) is 4.18. The first-order chi connectivity index (χ1) is 18.8. The summed E-state index contributed by atoms with van der Waals surface area (Å²) in [6.07, 6.45) is 3.20. The smallest absolute Gasteiger partial charge is 0.343 e. The number of aliphatic imine (C=N–C) groups is 1. The number of guanidine groups is 1. The van der Waals surface area contributed by atoms with Crippen LogP contribution in [0.2, 0.25) is 0 Å². The quantitative estimate of drug-likeness (QED) is 0.246. The number of aromatic nitrogens is 2. The Morgan fingerprint density at radius 1 is 1.20 bits per heavy atom. The van der Waals surface area contributed by atoms with Crippen molar-refractivity contribution >= 4 is 46.6 Å². The van der Waals surface area contributed by atoms with Crippen LogP contribution in [0.5, 0.6) is 0 Å². The number of ether oxygens (including phenoxy) is 1. The van der Waals surface area contributed by atoms with E-state index in [2.05, 4.69) is 31.0 Å². The molecule has 0 aliphatic carbocycles. The minimum atomic E-state index is -1.85. The van der Waals surface area contributed by atoms with Crippen LogP contribution < -0.4 is 15.8 Å². The average Bonchev–Trinajstić information content (AvgIpc) is 3.29. The van der Waals surface area contributed by atoms with Gasteiger partial charge in [-0.1, -0.05) is 40.2 Å². The molecule has 2 aromatic heterocycles. The maximum Gasteiger partial charge on any atom is 0.343 e. The topological polar surface area (TPSA) is 109 Å². The van der Waals surface area contributed by atoms with Gasteiger partial charge in [0, 0.05) is 24.2 Å². The van der Waals surface area contributed by atoms with Gasteiger partial charge >= 0.3 is 5.97 Å². The maximum atomic E-state index is 13.8. The van der Waals surface area contributed by atoms with Gasteiger partial charge in [-0.3, -0.25) is 4.79 Å². The van der Waals surface area contributed by atoms with E-state index in [0.29, 0.717) is 35.0 Å². The molecule has 0 amide bonds. The summed E-state index contributed by atoms with van der Waals surface area (Å²) in [5, 5.41) is 15.8. The number of rotatable bonds is 7. The van der Waals surface area contributed by atoms with Gasteiger partial charge in [0.2, 0.25) is 5.96 Å². The summed E-state index contributed by atoms with van der Waals surface area (Å²) in [7, 11) is 0. The number of hydrogen-bond acceptors (Lipinski definition) is 8. The van der Waals surface area contributed by atoms with E-state index in [-0.39, 0.29) is 31.0 Å². The highest BCUT2D eigenvalue weighted by Crippen LogP contribution is 2.47. The molecule has 0 saturated carbocycles. The molecule has 0 spiro atoms. The lowest BCUT2D eigenvalue weighted by Gasteiger charge is -2.33. The van der Waals surface area contributed by atoms with Crippen LogP contribution in [0.1, 0.15) is 70.1 Å². The largest absolute Gasteiger partial charge is 0.458 e. The van der Waals surface area contributed by atoms with Gasteiger partial charge in [-0.15, -0.1) is 12.4 Å². The molecule has 212 valence electrons. The molecule has 0 unspecified atom stereocenters. The van der Waals surface area contributed by atoms with Crippen LogP contribution in [0, 0.1) is 5.92 Å². The fourth-order valence-corrected chi connectivity index (χ4v) is 5.88. The number of fused-ring (bicyclic) bond motifs is 5. The Labute approximate surface area is 239 Å². The van der Waals surface area contributed by atoms with Crippen molar-refractivity contribution in [3.63, 3.8) is 0 Å². The van der Waals surface area contributed by atoms with Crippen LogP contribution in [0.15, 0.2) is 34.1 Å². The molecular weight excluding hydrogens is 530 g/mol. The highest BCUT2D eigenvalue weighted by molar-refractivity contribution is 6.15. The summed E-state index contributed by atoms with van der Waals surface area (Å²) in [5.74, 6) is 0.602. The summed E-state index contributed by atoms with van der Waals surface area (Å²) in [4.78, 5) is 38.7. The van der Waals surface area contributed by atoms with E-state index in [1.54, 1.807) is 17.6 Å². The van der Waals surface area contributed by atoms with Gasteiger partial charge < -0.3 is 24.6 Å². The number of unbranched alkanes of at least 4 members (excludes halogenated alkanes) is 1. The molecule has 3 aliphatic rings. The molecule has 1 atom stereocenters. The second kappa shape index (κ2) is 10.5. The van der Waals surface area contributed by atoms with Gasteiger partial charge in [-0.05, 0) is 43.4 Å². The lowest BCUT2D eigenvalue weighted by atomic mass is 9.86. The SMILES string of the molecule is CCCCNC1=Nc2cccc3nc4c(c(c23)N1CCC(C)C)Cn1c-4cc2c(c1=O)COC(=O)[C@]2(O)CC.Cl. The molecule has 1 aromatic carbocycles. The van der Waals surface area contributed by atoms with E-state index >= 15 is 0 Å². The summed E-state index contributed by atoms with van der Waals surface area (Å²) in [6, 6.07) is 7.72. The zero-order chi connectivity index (χ0) is 27.5. The van der Waals surface area contributed by atoms with E-state index in [1.165, 1.54) is 0 Å². The molecule has 0 bridgehead atoms. The molecule has 5 heterocycles. The van der Waals surface area contributed by atoms with Crippen molar-refractivity contribution < 1.29 is 14.6 Å². The maximum absolute atomic E-state index is 13.8. The van der Waals surface area contributed by atoms with Crippen LogP contribution >= 0.6 is 12.4 Å². The highest BCUT2D eigenvalue weighted by Gasteiger charge is 2.46. The van der Waals surface area contributed by atoms with E-state index in [1.807, 2.05) is 18.2 Å². The Morgan fingerprint density at radius 2 is 2.00 bits per heavy atom. The van der Waals surface area contributed by atoms with E-state index in [4.69, 9.17) is 14.7 Å². The van der Waals surface area contributed by atoms with E-state index < -0.39 is 11.6 Å². The number of pyridine rings is 2. The van der Waals surface area contributed by atoms with Crippen LogP contribution in [0.4, 0.5) is 11.4 Å². The first kappa shape index (κ1) is 28.1. The molecular formula is C30H36ClN5O4. The molecule has 2 N–H and O–H groups in total. The third-order valence-electron chi connectivity index (χ3n) is 8.16. The van der Waals surface area contributed by atoms with Crippen molar-refractivity contribution in [2.24, 2.45) is 10.9 Å². The summed E-state index contributed by atoms with van der Waals surface area (Å²) in [6.45, 7) is 10.1. The third-order valence-corrected chi connectivity index (χ3v) is 8.16. The minimum absolute atomic E-state index is 0. The zero-order valence-electron chi connectivity index (χ0n) is 23.4. The number of benzene rings is 1. The Balaban J connectivity index is 0.00000323. The Hall–Kier alpha value is -3.43. The standard InChI is InChI=1S/C30H35N5O4.ClH/c1-5-7-12-31-29-33-22-10-8-9-21-24(22)26(34(29)13-11-17(3)4)18-15-35-23(25(18)32-21)14-20-19(27(35)36)16-39-28(37)30(20,38)6-2;/h8-10,14,17,38H,5-7,11-13,15-16H2,1-4H3,(H,31,33);1H/t30-;/m0./s1.